The molecule has 0 saturated heterocycles. The van der Waals surface area contributed by atoms with E-state index in [0.29, 0.717) is 11.8 Å². The van der Waals surface area contributed by atoms with E-state index in [-0.39, 0.29) is 1.43 Å². The van der Waals surface area contributed by atoms with Gasteiger partial charge in [0.1, 0.15) is 5.78 Å². The van der Waals surface area contributed by atoms with Crippen LogP contribution >= 0.6 is 0 Å². The third-order valence-corrected chi connectivity index (χ3v) is 1.76. The van der Waals surface area contributed by atoms with E-state index in [1.54, 1.807) is 6.92 Å². The van der Waals surface area contributed by atoms with Crippen molar-refractivity contribution in [2.45, 2.75) is 66.3 Å². The Morgan fingerprint density at radius 3 is 2.21 bits per heavy atom. The largest absolute Gasteiger partial charge is 0.315 e. The molecule has 0 aromatic heterocycles. The molecule has 0 spiro atoms. The smallest absolute Gasteiger partial charge is 0.129 e. The van der Waals surface area contributed by atoms with Gasteiger partial charge in [0, 0.05) is 13.9 Å². The normalized spacial score (nSPS) is 9.57. The Morgan fingerprint density at radius 1 is 1.21 bits per heavy atom. The molecule has 0 saturated carbocycles. The third-order valence-electron chi connectivity index (χ3n) is 1.76. The second-order valence-corrected chi connectivity index (χ2v) is 3.62. The first-order valence-electron chi connectivity index (χ1n) is 5.85. The molecular weight excluding hydrogens is 174 g/mol. The van der Waals surface area contributed by atoms with Crippen LogP contribution in [0.15, 0.2) is 0 Å². The van der Waals surface area contributed by atoms with E-state index < -0.39 is 0 Å². The molecule has 0 aliphatic heterocycles. The summed E-state index contributed by atoms with van der Waals surface area (Å²) in [5.74, 6) is 0.312. The van der Waals surface area contributed by atoms with Gasteiger partial charge in [-0.3, -0.25) is 0 Å². The number of carbonyl (C=O) groups excluding carboxylic acids is 1. The Labute approximate surface area is 91.0 Å². The van der Waals surface area contributed by atoms with E-state index in [1.165, 1.54) is 12.8 Å². The maximum Gasteiger partial charge on any atom is 0.129 e. The highest BCUT2D eigenvalue weighted by Gasteiger charge is 1.94. The van der Waals surface area contributed by atoms with Crippen LogP contribution in [0, 0.1) is 0 Å². The monoisotopic (exact) mass is 203 g/mol. The quantitative estimate of drug-likeness (QED) is 0.642. The molecule has 0 rings (SSSR count). The molecule has 0 radical (unpaired) electrons. The van der Waals surface area contributed by atoms with Gasteiger partial charge in [-0.15, -0.1) is 0 Å². The first-order valence-corrected chi connectivity index (χ1v) is 5.85. The van der Waals surface area contributed by atoms with Gasteiger partial charge in [0.2, 0.25) is 0 Å². The Balaban J connectivity index is -0.000000449. The van der Waals surface area contributed by atoms with E-state index in [2.05, 4.69) is 19.2 Å². The molecule has 0 aliphatic carbocycles. The predicted molar refractivity (Wildman–Crippen MR) is 65.7 cm³/mol. The fraction of sp³-hybridized carbons (Fsp3) is 0.917. The highest BCUT2D eigenvalue weighted by atomic mass is 16.1. The molecule has 0 bridgehead atoms. The Morgan fingerprint density at radius 2 is 1.79 bits per heavy atom. The lowest BCUT2D eigenvalue weighted by Crippen LogP contribution is -2.23. The maximum absolute atomic E-state index is 10.6. The zero-order valence-corrected chi connectivity index (χ0v) is 10.5. The molecule has 0 amide bonds. The van der Waals surface area contributed by atoms with Crippen molar-refractivity contribution in [3.8, 4) is 0 Å². The van der Waals surface area contributed by atoms with Gasteiger partial charge in [0.15, 0.2) is 0 Å². The summed E-state index contributed by atoms with van der Waals surface area (Å²) < 4.78 is 0. The lowest BCUT2D eigenvalue weighted by atomic mass is 10.1. The Hall–Kier alpha value is -0.370. The van der Waals surface area contributed by atoms with Gasteiger partial charge in [-0.05, 0) is 26.3 Å². The number of rotatable bonds is 7. The predicted octanol–water partition coefficient (Wildman–Crippen LogP) is 3.41. The van der Waals surface area contributed by atoms with Gasteiger partial charge in [0.25, 0.3) is 0 Å². The average molecular weight is 203 g/mol. The summed E-state index contributed by atoms with van der Waals surface area (Å²) in [7, 11) is 0. The molecule has 0 aliphatic rings. The van der Waals surface area contributed by atoms with Crippen molar-refractivity contribution in [1.82, 2.24) is 5.32 Å². The summed E-state index contributed by atoms with van der Waals surface area (Å²) in [4.78, 5) is 10.6. The fourth-order valence-corrected chi connectivity index (χ4v) is 1.07. The first kappa shape index (κ1) is 16.1. The van der Waals surface area contributed by atoms with Crippen LogP contribution in [0.5, 0.6) is 0 Å². The van der Waals surface area contributed by atoms with Crippen molar-refractivity contribution in [1.29, 1.82) is 0 Å². The molecule has 0 aromatic carbocycles. The van der Waals surface area contributed by atoms with E-state index >= 15 is 0 Å². The minimum atomic E-state index is 0. The maximum atomic E-state index is 10.6. The number of nitrogens with one attached hydrogen (secondary N) is 1. The SMILES string of the molecule is CC.CC(=O)CCCCCNC(C)C.[HH]. The summed E-state index contributed by atoms with van der Waals surface area (Å²) >= 11 is 0. The van der Waals surface area contributed by atoms with Crippen molar-refractivity contribution in [2.75, 3.05) is 6.54 Å². The first-order chi connectivity index (χ1) is 6.63. The average Bonchev–Trinajstić information content (AvgIpc) is 2.13. The number of hydrogen-bond acceptors (Lipinski definition) is 2. The summed E-state index contributed by atoms with van der Waals surface area (Å²) in [6, 6.07) is 0.581. The molecule has 88 valence electrons. The molecule has 14 heavy (non-hydrogen) atoms. The third kappa shape index (κ3) is 17.6. The van der Waals surface area contributed by atoms with Gasteiger partial charge in [-0.1, -0.05) is 34.1 Å². The van der Waals surface area contributed by atoms with Crippen LogP contribution in [0.3, 0.4) is 0 Å². The van der Waals surface area contributed by atoms with Crippen molar-refractivity contribution in [2.24, 2.45) is 0 Å². The number of unbranched alkanes of at least 4 members (excludes halogenated alkanes) is 2. The lowest BCUT2D eigenvalue weighted by molar-refractivity contribution is -0.117. The van der Waals surface area contributed by atoms with Gasteiger partial charge in [0.05, 0.1) is 0 Å². The number of hydrogen-bond donors (Lipinski definition) is 1. The summed E-state index contributed by atoms with van der Waals surface area (Å²) in [6.07, 6.45) is 4.15. The Bertz CT molecular complexity index is 127. The van der Waals surface area contributed by atoms with Crippen molar-refractivity contribution >= 4 is 5.78 Å². The summed E-state index contributed by atoms with van der Waals surface area (Å²) in [5.41, 5.74) is 0. The topological polar surface area (TPSA) is 29.1 Å². The zero-order valence-electron chi connectivity index (χ0n) is 10.5. The minimum Gasteiger partial charge on any atom is -0.315 e. The van der Waals surface area contributed by atoms with Crippen LogP contribution in [-0.4, -0.2) is 18.4 Å². The van der Waals surface area contributed by atoms with Gasteiger partial charge < -0.3 is 10.1 Å². The minimum absolute atomic E-state index is 0. The van der Waals surface area contributed by atoms with Crippen LogP contribution in [0.1, 0.15) is 61.7 Å². The standard InChI is InChI=1S/C10H21NO.C2H6.H2/c1-9(2)11-8-6-4-5-7-10(3)12;1-2;/h9,11H,4-8H2,1-3H3;1-2H3;1H. The highest BCUT2D eigenvalue weighted by molar-refractivity contribution is 5.75. The molecule has 0 unspecified atom stereocenters. The van der Waals surface area contributed by atoms with E-state index in [1.807, 2.05) is 13.8 Å². The number of ketones is 1. The van der Waals surface area contributed by atoms with E-state index in [4.69, 9.17) is 0 Å². The van der Waals surface area contributed by atoms with E-state index in [0.717, 1.165) is 19.4 Å². The molecule has 0 fully saturated rings. The summed E-state index contributed by atoms with van der Waals surface area (Å²) in [5, 5.41) is 3.35. The highest BCUT2D eigenvalue weighted by Crippen LogP contribution is 1.99. The number of carbonyl (C=O) groups is 1. The van der Waals surface area contributed by atoms with Gasteiger partial charge in [-0.2, -0.15) is 0 Å². The molecule has 2 heteroatoms. The molecule has 1 N–H and O–H groups in total. The molecular formula is C12H29NO. The second-order valence-electron chi connectivity index (χ2n) is 3.62. The van der Waals surface area contributed by atoms with Gasteiger partial charge >= 0.3 is 0 Å². The summed E-state index contributed by atoms with van der Waals surface area (Å²) in [6.45, 7) is 11.0. The second kappa shape index (κ2) is 12.6. The van der Waals surface area contributed by atoms with Crippen LogP contribution in [-0.2, 0) is 4.79 Å². The van der Waals surface area contributed by atoms with Crippen LogP contribution in [0.4, 0.5) is 0 Å². The van der Waals surface area contributed by atoms with Crippen LogP contribution < -0.4 is 5.32 Å². The lowest BCUT2D eigenvalue weighted by Gasteiger charge is -2.06. The van der Waals surface area contributed by atoms with Crippen LogP contribution in [0.25, 0.3) is 0 Å². The number of Topliss-reactive ketones (excluding diaryl/α,β-unsaturated/α-hetero) is 1. The van der Waals surface area contributed by atoms with Crippen molar-refractivity contribution < 1.29 is 6.22 Å². The van der Waals surface area contributed by atoms with Gasteiger partial charge in [-0.25, -0.2) is 0 Å². The zero-order chi connectivity index (χ0) is 11.4. The molecule has 0 heterocycles. The van der Waals surface area contributed by atoms with Crippen LogP contribution in [0.2, 0.25) is 0 Å². The molecule has 2 nitrogen and oxygen atoms in total. The molecule has 0 atom stereocenters. The molecule has 0 aromatic rings. The fourth-order valence-electron chi connectivity index (χ4n) is 1.07. The van der Waals surface area contributed by atoms with E-state index in [9.17, 15) is 4.79 Å². The van der Waals surface area contributed by atoms with Crippen molar-refractivity contribution in [3.63, 3.8) is 0 Å². The van der Waals surface area contributed by atoms with Crippen molar-refractivity contribution in [3.05, 3.63) is 0 Å². The Kier molecular flexibility index (Phi) is 14.5.